The molecule has 0 bridgehead atoms. The van der Waals surface area contributed by atoms with E-state index in [1.807, 2.05) is 0 Å². The average molecular weight is 524 g/mol. The molecule has 0 amide bonds. The minimum Gasteiger partial charge on any atom is -0.550 e. The van der Waals surface area contributed by atoms with Crippen LogP contribution in [0.1, 0.15) is 19.3 Å². The Labute approximate surface area is 147 Å². The van der Waals surface area contributed by atoms with Crippen LogP contribution in [0.25, 0.3) is 0 Å². The molecule has 0 rings (SSSR count). The number of carboxylic acid groups (broad SMARTS) is 3. The molecule has 0 aliphatic rings. The number of hydrogen-bond donors (Lipinski definition) is 3. The normalized spacial score (nSPS) is 7.74. The summed E-state index contributed by atoms with van der Waals surface area (Å²) in [5.41, 5.74) is 0. The van der Waals surface area contributed by atoms with Gasteiger partial charge in [-0.1, -0.05) is 0 Å². The Balaban J connectivity index is -0.0000000865. The van der Waals surface area contributed by atoms with Gasteiger partial charge in [0.2, 0.25) is 0 Å². The second kappa shape index (κ2) is 23.4. The monoisotopic (exact) mass is 524 g/mol. The summed E-state index contributed by atoms with van der Waals surface area (Å²) in [4.78, 5) is 28.3. The van der Waals surface area contributed by atoms with Crippen molar-refractivity contribution >= 4 is 82.0 Å². The summed E-state index contributed by atoms with van der Waals surface area (Å²) in [6, 6.07) is 0. The Morgan fingerprint density at radius 1 is 0.632 bits per heavy atom. The van der Waals surface area contributed by atoms with Crippen LogP contribution in [0.5, 0.6) is 0 Å². The number of carboxylic acids is 3. The fourth-order valence-electron chi connectivity index (χ4n) is 0.274. The van der Waals surface area contributed by atoms with Crippen molar-refractivity contribution in [1.82, 2.24) is 0 Å². The van der Waals surface area contributed by atoms with Gasteiger partial charge in [-0.05, 0) is 36.5 Å². The van der Waals surface area contributed by atoms with Crippen LogP contribution in [0.15, 0.2) is 0 Å². The van der Waals surface area contributed by atoms with E-state index >= 15 is 0 Å². The molecule has 0 fully saturated rings. The smallest absolute Gasteiger partial charge is 0.550 e. The molecule has 0 heterocycles. The molecule has 10 heteroatoms. The van der Waals surface area contributed by atoms with Crippen molar-refractivity contribution in [2.45, 2.75) is 19.3 Å². The van der Waals surface area contributed by atoms with Gasteiger partial charge in [0.1, 0.15) is 0 Å². The van der Waals surface area contributed by atoms with Crippen molar-refractivity contribution in [2.24, 2.45) is 0 Å². The zero-order chi connectivity index (χ0) is 15.0. The third-order valence-electron chi connectivity index (χ3n) is 0.948. The molecule has 19 heavy (non-hydrogen) atoms. The predicted octanol–water partition coefficient (Wildman–Crippen LogP) is -3.21. The van der Waals surface area contributed by atoms with Crippen LogP contribution >= 0.6 is 37.9 Å². The molecule has 0 unspecified atom stereocenters. The number of hydrogen-bond acceptors (Lipinski definition) is 9. The first-order chi connectivity index (χ1) is 8.31. The van der Waals surface area contributed by atoms with E-state index in [-0.39, 0.29) is 45.5 Å². The zero-order valence-electron chi connectivity index (χ0n) is 9.98. The summed E-state index contributed by atoms with van der Waals surface area (Å²) in [7, 11) is 0. The van der Waals surface area contributed by atoms with E-state index in [9.17, 15) is 29.7 Å². The Morgan fingerprint density at radius 2 is 0.789 bits per heavy atom. The topological polar surface area (TPSA) is 120 Å². The molecule has 0 atom stereocenters. The molecule has 0 aromatic heterocycles. The summed E-state index contributed by atoms with van der Waals surface area (Å²) in [5, 5.41) is 28.3. The van der Waals surface area contributed by atoms with Crippen LogP contribution in [0.3, 0.4) is 0 Å². The third-order valence-corrected chi connectivity index (χ3v) is 1.62. The number of carbonyl (C=O) groups excluding carboxylic acids is 3. The number of aliphatic carboxylic acids is 3. The van der Waals surface area contributed by atoms with E-state index in [1.54, 1.807) is 0 Å². The van der Waals surface area contributed by atoms with Gasteiger partial charge in [0.25, 0.3) is 0 Å². The minimum absolute atomic E-state index is 0. The van der Waals surface area contributed by atoms with Gasteiger partial charge in [-0.3, -0.25) is 0 Å². The quantitative estimate of drug-likeness (QED) is 0.249. The molecule has 0 saturated heterocycles. The van der Waals surface area contributed by atoms with Gasteiger partial charge in [-0.25, -0.2) is 0 Å². The van der Waals surface area contributed by atoms with Gasteiger partial charge in [0, 0.05) is 17.9 Å². The molecular weight excluding hydrogens is 509 g/mol. The van der Waals surface area contributed by atoms with E-state index in [1.165, 1.54) is 0 Å². The number of thiol groups is 3. The minimum atomic E-state index is -1.04. The van der Waals surface area contributed by atoms with Crippen molar-refractivity contribution in [3.8, 4) is 0 Å². The van der Waals surface area contributed by atoms with Gasteiger partial charge >= 0.3 is 26.2 Å². The van der Waals surface area contributed by atoms with E-state index in [2.05, 4.69) is 37.9 Å². The molecule has 0 aliphatic carbocycles. The number of rotatable bonds is 6. The van der Waals surface area contributed by atoms with Crippen molar-refractivity contribution in [1.29, 1.82) is 0 Å². The van der Waals surface area contributed by atoms with Crippen LogP contribution in [0.2, 0.25) is 0 Å². The summed E-state index contributed by atoms with van der Waals surface area (Å²) < 4.78 is 0. The van der Waals surface area contributed by atoms with Gasteiger partial charge in [-0.15, -0.1) is 0 Å². The fourth-order valence-corrected chi connectivity index (χ4v) is 0.822. The standard InChI is InChI=1S/3C3H6O2S.Bi/c3*4-3(5)1-2-6;/h3*6H,1-2H2,(H,4,5);/q;;;+3/p-3. The second-order valence-electron chi connectivity index (χ2n) is 2.54. The molecule has 0 spiro atoms. The van der Waals surface area contributed by atoms with Gasteiger partial charge in [0.05, 0.1) is 0 Å². The summed E-state index contributed by atoms with van der Waals surface area (Å²) in [5.74, 6) is -2.02. The van der Waals surface area contributed by atoms with E-state index in [0.29, 0.717) is 17.3 Å². The molecule has 2 radical (unpaired) electrons. The van der Waals surface area contributed by atoms with Crippen LogP contribution in [0.4, 0.5) is 0 Å². The maximum atomic E-state index is 9.44. The SMILES string of the molecule is O=C([O-])CCS.O=C([O-])CCS.O=C([O-])CCS.[Bi+3]. The summed E-state index contributed by atoms with van der Waals surface area (Å²) in [6.45, 7) is 0. The summed E-state index contributed by atoms with van der Waals surface area (Å²) >= 11 is 10.9. The van der Waals surface area contributed by atoms with Crippen LogP contribution in [-0.2, 0) is 14.4 Å². The third kappa shape index (κ3) is 56.1. The first-order valence-electron chi connectivity index (χ1n) is 4.73. The van der Waals surface area contributed by atoms with Crippen molar-refractivity contribution in [3.63, 3.8) is 0 Å². The summed E-state index contributed by atoms with van der Waals surface area (Å²) in [6.07, 6.45) is 0.134. The molecular formula is C9H15BiO6S3. The largest absolute Gasteiger partial charge is 3.00 e. The molecule has 0 aliphatic heterocycles. The van der Waals surface area contributed by atoms with Gasteiger partial charge in [0.15, 0.2) is 0 Å². The second-order valence-corrected chi connectivity index (χ2v) is 3.88. The first-order valence-corrected chi connectivity index (χ1v) is 6.63. The van der Waals surface area contributed by atoms with Crippen LogP contribution in [0, 0.1) is 0 Å². The Morgan fingerprint density at radius 3 is 0.789 bits per heavy atom. The Hall–Kier alpha value is 0.343. The van der Waals surface area contributed by atoms with E-state index < -0.39 is 17.9 Å². The van der Waals surface area contributed by atoms with E-state index in [0.717, 1.165) is 0 Å². The average Bonchev–Trinajstić information content (AvgIpc) is 2.18. The molecule has 0 aromatic carbocycles. The van der Waals surface area contributed by atoms with Gasteiger partial charge in [-0.2, -0.15) is 37.9 Å². The maximum Gasteiger partial charge on any atom is 3.00 e. The van der Waals surface area contributed by atoms with Crippen molar-refractivity contribution < 1.29 is 29.7 Å². The number of carbonyl (C=O) groups is 3. The molecule has 0 saturated carbocycles. The zero-order valence-corrected chi connectivity index (χ0v) is 16.1. The molecule has 0 N–H and O–H groups in total. The first kappa shape index (κ1) is 27.6. The predicted molar refractivity (Wildman–Crippen MR) is 76.2 cm³/mol. The molecule has 6 nitrogen and oxygen atoms in total. The Bertz CT molecular complexity index is 202. The van der Waals surface area contributed by atoms with Gasteiger partial charge < -0.3 is 29.7 Å². The molecule has 0 aromatic rings. The van der Waals surface area contributed by atoms with E-state index in [4.69, 9.17) is 0 Å². The Kier molecular flexibility index (Phi) is 34.1. The molecule has 110 valence electrons. The fraction of sp³-hybridized carbons (Fsp3) is 0.667. The maximum absolute atomic E-state index is 9.44. The van der Waals surface area contributed by atoms with Crippen molar-refractivity contribution in [2.75, 3.05) is 17.3 Å². The van der Waals surface area contributed by atoms with Crippen LogP contribution < -0.4 is 15.3 Å². The van der Waals surface area contributed by atoms with Crippen molar-refractivity contribution in [3.05, 3.63) is 0 Å². The van der Waals surface area contributed by atoms with Crippen LogP contribution in [-0.4, -0.2) is 61.4 Å².